The summed E-state index contributed by atoms with van der Waals surface area (Å²) in [5, 5.41) is 9.16. The van der Waals surface area contributed by atoms with Crippen LogP contribution in [0.2, 0.25) is 0 Å². The zero-order valence-corrected chi connectivity index (χ0v) is 11.4. The number of hydrogen-bond acceptors (Lipinski definition) is 3. The first kappa shape index (κ1) is 14.6. The maximum Gasteiger partial charge on any atom is 0.312 e. The van der Waals surface area contributed by atoms with Crippen LogP contribution in [0.15, 0.2) is 24.3 Å². The molecule has 0 heterocycles. The van der Waals surface area contributed by atoms with Crippen LogP contribution < -0.4 is 0 Å². The predicted octanol–water partition coefficient (Wildman–Crippen LogP) is 3.65. The Morgan fingerprint density at radius 2 is 1.89 bits per heavy atom. The van der Waals surface area contributed by atoms with Gasteiger partial charge in [0, 0.05) is 0 Å². The zero-order valence-electron chi connectivity index (χ0n) is 11.4. The predicted molar refractivity (Wildman–Crippen MR) is 71.2 cm³/mol. The molecule has 1 rings (SSSR count). The maximum atomic E-state index is 12.1. The molecule has 3 nitrogen and oxygen atoms in total. The SMILES string of the molecule is CCCC(C)(CC)C(=O)OCc1ccc(O)cc1. The van der Waals surface area contributed by atoms with Crippen LogP contribution in [0.25, 0.3) is 0 Å². The second kappa shape index (κ2) is 6.43. The Morgan fingerprint density at radius 3 is 2.39 bits per heavy atom. The van der Waals surface area contributed by atoms with Crippen molar-refractivity contribution in [1.82, 2.24) is 0 Å². The Balaban J connectivity index is 2.57. The number of benzene rings is 1. The molecule has 1 N–H and O–H groups in total. The Bertz CT molecular complexity index is 383. The third-order valence-corrected chi connectivity index (χ3v) is 3.38. The summed E-state index contributed by atoms with van der Waals surface area (Å²) >= 11 is 0. The number of carbonyl (C=O) groups excluding carboxylic acids is 1. The average Bonchev–Trinajstić information content (AvgIpc) is 2.37. The largest absolute Gasteiger partial charge is 0.508 e. The Hall–Kier alpha value is -1.51. The van der Waals surface area contributed by atoms with E-state index >= 15 is 0 Å². The van der Waals surface area contributed by atoms with Gasteiger partial charge in [-0.1, -0.05) is 32.4 Å². The number of phenols is 1. The molecule has 1 aromatic carbocycles. The minimum atomic E-state index is -0.383. The Morgan fingerprint density at radius 1 is 1.28 bits per heavy atom. The smallest absolute Gasteiger partial charge is 0.312 e. The minimum absolute atomic E-state index is 0.139. The van der Waals surface area contributed by atoms with Gasteiger partial charge in [-0.3, -0.25) is 4.79 Å². The first-order valence-electron chi connectivity index (χ1n) is 6.47. The lowest BCUT2D eigenvalue weighted by molar-refractivity contribution is -0.157. The number of phenolic OH excluding ortho intramolecular Hbond substituents is 1. The summed E-state index contributed by atoms with van der Waals surface area (Å²) in [4.78, 5) is 12.1. The molecule has 1 aromatic rings. The lowest BCUT2D eigenvalue weighted by Crippen LogP contribution is -2.29. The standard InChI is InChI=1S/C15H22O3/c1-4-10-15(3,5-2)14(17)18-11-12-6-8-13(16)9-7-12/h6-9,16H,4-5,10-11H2,1-3H3. The zero-order chi connectivity index (χ0) is 13.6. The number of rotatable bonds is 6. The highest BCUT2D eigenvalue weighted by Crippen LogP contribution is 2.29. The van der Waals surface area contributed by atoms with Crippen molar-refractivity contribution >= 4 is 5.97 Å². The van der Waals surface area contributed by atoms with E-state index in [9.17, 15) is 4.79 Å². The normalized spacial score (nSPS) is 13.9. The molecular formula is C15H22O3. The Labute approximate surface area is 109 Å². The van der Waals surface area contributed by atoms with Crippen molar-refractivity contribution in [2.45, 2.75) is 46.6 Å². The fourth-order valence-corrected chi connectivity index (χ4v) is 1.89. The lowest BCUT2D eigenvalue weighted by atomic mass is 9.83. The van der Waals surface area contributed by atoms with Crippen LogP contribution in [0, 0.1) is 5.41 Å². The van der Waals surface area contributed by atoms with E-state index in [1.807, 2.05) is 13.8 Å². The van der Waals surface area contributed by atoms with Crippen molar-refractivity contribution in [3.63, 3.8) is 0 Å². The van der Waals surface area contributed by atoms with E-state index in [-0.39, 0.29) is 23.7 Å². The topological polar surface area (TPSA) is 46.5 Å². The molecule has 0 saturated carbocycles. The summed E-state index contributed by atoms with van der Waals surface area (Å²) in [5.41, 5.74) is 0.502. The van der Waals surface area contributed by atoms with Crippen LogP contribution in [0.1, 0.15) is 45.6 Å². The maximum absolute atomic E-state index is 12.1. The third kappa shape index (κ3) is 3.76. The summed E-state index contributed by atoms with van der Waals surface area (Å²) in [5.74, 6) is 0.0781. The molecule has 0 radical (unpaired) electrons. The second-order valence-corrected chi connectivity index (χ2v) is 4.91. The van der Waals surface area contributed by atoms with Crippen molar-refractivity contribution in [3.05, 3.63) is 29.8 Å². The number of ether oxygens (including phenoxy) is 1. The average molecular weight is 250 g/mol. The van der Waals surface area contributed by atoms with Gasteiger partial charge in [0.05, 0.1) is 5.41 Å². The van der Waals surface area contributed by atoms with Gasteiger partial charge < -0.3 is 9.84 Å². The highest BCUT2D eigenvalue weighted by molar-refractivity contribution is 5.76. The molecule has 1 unspecified atom stereocenters. The molecule has 0 aliphatic heterocycles. The number of esters is 1. The summed E-state index contributed by atoms with van der Waals surface area (Å²) < 4.78 is 5.36. The van der Waals surface area contributed by atoms with Gasteiger partial charge in [-0.15, -0.1) is 0 Å². The molecule has 3 heteroatoms. The number of hydrogen-bond donors (Lipinski definition) is 1. The van der Waals surface area contributed by atoms with E-state index in [2.05, 4.69) is 6.92 Å². The van der Waals surface area contributed by atoms with Crippen molar-refractivity contribution in [3.8, 4) is 5.75 Å². The van der Waals surface area contributed by atoms with E-state index in [4.69, 9.17) is 9.84 Å². The van der Waals surface area contributed by atoms with Crippen LogP contribution in [0.3, 0.4) is 0 Å². The molecule has 0 aliphatic rings. The second-order valence-electron chi connectivity index (χ2n) is 4.91. The number of aromatic hydroxyl groups is 1. The van der Waals surface area contributed by atoms with E-state index in [0.717, 1.165) is 24.8 Å². The van der Waals surface area contributed by atoms with Crippen LogP contribution in [-0.4, -0.2) is 11.1 Å². The van der Waals surface area contributed by atoms with Gasteiger partial charge >= 0.3 is 5.97 Å². The lowest BCUT2D eigenvalue weighted by Gasteiger charge is -2.25. The van der Waals surface area contributed by atoms with Crippen molar-refractivity contribution < 1.29 is 14.6 Å². The van der Waals surface area contributed by atoms with Gasteiger partial charge in [-0.25, -0.2) is 0 Å². The fourth-order valence-electron chi connectivity index (χ4n) is 1.89. The van der Waals surface area contributed by atoms with Gasteiger partial charge in [0.2, 0.25) is 0 Å². The van der Waals surface area contributed by atoms with Crippen LogP contribution >= 0.6 is 0 Å². The molecule has 0 aliphatic carbocycles. The third-order valence-electron chi connectivity index (χ3n) is 3.38. The first-order chi connectivity index (χ1) is 8.51. The van der Waals surface area contributed by atoms with Crippen LogP contribution in [0.4, 0.5) is 0 Å². The highest BCUT2D eigenvalue weighted by Gasteiger charge is 2.31. The molecule has 1 atom stereocenters. The summed E-state index contributed by atoms with van der Waals surface area (Å²) in [6, 6.07) is 6.69. The van der Waals surface area contributed by atoms with E-state index in [1.165, 1.54) is 0 Å². The molecular weight excluding hydrogens is 228 g/mol. The van der Waals surface area contributed by atoms with Crippen molar-refractivity contribution in [2.75, 3.05) is 0 Å². The van der Waals surface area contributed by atoms with Gasteiger partial charge in [0.25, 0.3) is 0 Å². The molecule has 0 fully saturated rings. The van der Waals surface area contributed by atoms with Crippen molar-refractivity contribution in [2.24, 2.45) is 5.41 Å². The van der Waals surface area contributed by atoms with Gasteiger partial charge in [0.1, 0.15) is 12.4 Å². The molecule has 0 saturated heterocycles. The molecule has 0 aromatic heterocycles. The minimum Gasteiger partial charge on any atom is -0.508 e. The molecule has 0 amide bonds. The van der Waals surface area contributed by atoms with E-state index in [1.54, 1.807) is 24.3 Å². The fraction of sp³-hybridized carbons (Fsp3) is 0.533. The molecule has 0 spiro atoms. The highest BCUT2D eigenvalue weighted by atomic mass is 16.5. The summed E-state index contributed by atoms with van der Waals surface area (Å²) in [7, 11) is 0. The number of carbonyl (C=O) groups is 1. The molecule has 100 valence electrons. The van der Waals surface area contributed by atoms with Crippen molar-refractivity contribution in [1.29, 1.82) is 0 Å². The first-order valence-corrected chi connectivity index (χ1v) is 6.47. The summed E-state index contributed by atoms with van der Waals surface area (Å²) in [6.45, 7) is 6.30. The Kier molecular flexibility index (Phi) is 5.20. The van der Waals surface area contributed by atoms with Gasteiger partial charge in [0.15, 0.2) is 0 Å². The summed E-state index contributed by atoms with van der Waals surface area (Å²) in [6.07, 6.45) is 2.60. The van der Waals surface area contributed by atoms with Crippen LogP contribution in [-0.2, 0) is 16.1 Å². The van der Waals surface area contributed by atoms with Crippen LogP contribution in [0.5, 0.6) is 5.75 Å². The van der Waals surface area contributed by atoms with E-state index < -0.39 is 0 Å². The molecule has 0 bridgehead atoms. The van der Waals surface area contributed by atoms with E-state index in [0.29, 0.717) is 0 Å². The van der Waals surface area contributed by atoms with Gasteiger partial charge in [-0.2, -0.15) is 0 Å². The monoisotopic (exact) mass is 250 g/mol. The van der Waals surface area contributed by atoms with Gasteiger partial charge in [-0.05, 0) is 37.5 Å². The quantitative estimate of drug-likeness (QED) is 0.784. The molecule has 18 heavy (non-hydrogen) atoms.